The molecule has 0 fully saturated rings. The second kappa shape index (κ2) is 11.9. The lowest BCUT2D eigenvalue weighted by atomic mass is 9.98. The number of nitrogens with zero attached hydrogens (tertiary/aromatic N) is 1. The van der Waals surface area contributed by atoms with E-state index in [4.69, 9.17) is 8.83 Å². The lowest BCUT2D eigenvalue weighted by Gasteiger charge is -2.26. The molecule has 0 spiro atoms. The second-order valence-electron chi connectivity index (χ2n) is 12.9. The SMILES string of the molecule is c1ccc(-c2ccc(N(c3ccc(-c4ccccc4)cc3)c3ccc(-c4cccc5oc6cc7oc8ccccc8c7cc6c45)cc3)cc2)cc1. The highest BCUT2D eigenvalue weighted by atomic mass is 16.3. The summed E-state index contributed by atoms with van der Waals surface area (Å²) in [5, 5.41) is 4.40. The molecular weight excluding hydrogens is 623 g/mol. The molecule has 0 unspecified atom stereocenters. The monoisotopic (exact) mass is 653 g/mol. The van der Waals surface area contributed by atoms with E-state index in [2.05, 4.69) is 169 Å². The Balaban J connectivity index is 1.07. The van der Waals surface area contributed by atoms with Crippen LogP contribution in [0.15, 0.2) is 197 Å². The first kappa shape index (κ1) is 29.1. The third kappa shape index (κ3) is 5.06. The minimum absolute atomic E-state index is 0.824. The zero-order chi connectivity index (χ0) is 33.7. The van der Waals surface area contributed by atoms with Gasteiger partial charge in [0.25, 0.3) is 0 Å². The lowest BCUT2D eigenvalue weighted by molar-refractivity contribution is 0.656. The molecule has 0 aliphatic carbocycles. The molecule has 10 rings (SSSR count). The van der Waals surface area contributed by atoms with E-state index in [1.54, 1.807) is 0 Å². The van der Waals surface area contributed by atoms with Crippen LogP contribution in [0.3, 0.4) is 0 Å². The predicted octanol–water partition coefficient (Wildman–Crippen LogP) is 14.0. The summed E-state index contributed by atoms with van der Waals surface area (Å²) >= 11 is 0. The van der Waals surface area contributed by atoms with Gasteiger partial charge in [0.15, 0.2) is 0 Å². The standard InChI is InChI=1S/C48H31NO2/c1-3-10-32(11-4-1)34-18-24-37(25-19-34)49(38-26-20-35(21-27-38)33-12-5-2-6-13-33)39-28-22-36(23-29-39)40-15-9-17-45-48(40)43-30-42-41-14-7-8-16-44(41)50-46(42)31-47(43)51-45/h1-31H. The number of benzene rings is 8. The number of rotatable bonds is 6. The number of furan rings is 2. The summed E-state index contributed by atoms with van der Waals surface area (Å²) < 4.78 is 12.6. The zero-order valence-electron chi connectivity index (χ0n) is 27.7. The highest BCUT2D eigenvalue weighted by Gasteiger charge is 2.18. The molecule has 0 saturated carbocycles. The van der Waals surface area contributed by atoms with Gasteiger partial charge in [-0.1, -0.05) is 127 Å². The van der Waals surface area contributed by atoms with Gasteiger partial charge in [-0.2, -0.15) is 0 Å². The minimum atomic E-state index is 0.824. The lowest BCUT2D eigenvalue weighted by Crippen LogP contribution is -2.09. The summed E-state index contributed by atoms with van der Waals surface area (Å²) in [6, 6.07) is 66.3. The molecule has 0 aliphatic rings. The number of hydrogen-bond acceptors (Lipinski definition) is 3. The first-order valence-electron chi connectivity index (χ1n) is 17.2. The molecule has 3 heteroatoms. The van der Waals surface area contributed by atoms with Crippen molar-refractivity contribution in [3.8, 4) is 33.4 Å². The van der Waals surface area contributed by atoms with Crippen molar-refractivity contribution < 1.29 is 8.83 Å². The van der Waals surface area contributed by atoms with Gasteiger partial charge in [-0.25, -0.2) is 0 Å². The number of para-hydroxylation sites is 1. The minimum Gasteiger partial charge on any atom is -0.456 e. The van der Waals surface area contributed by atoms with Crippen molar-refractivity contribution in [1.29, 1.82) is 0 Å². The van der Waals surface area contributed by atoms with Gasteiger partial charge in [0.2, 0.25) is 0 Å². The average molecular weight is 654 g/mol. The van der Waals surface area contributed by atoms with Crippen LogP contribution in [0.1, 0.15) is 0 Å². The first-order valence-corrected chi connectivity index (χ1v) is 17.2. The molecule has 0 N–H and O–H groups in total. The van der Waals surface area contributed by atoms with Gasteiger partial charge in [-0.15, -0.1) is 0 Å². The normalized spacial score (nSPS) is 11.5. The van der Waals surface area contributed by atoms with Crippen LogP contribution in [0.5, 0.6) is 0 Å². The van der Waals surface area contributed by atoms with Crippen molar-refractivity contribution in [2.24, 2.45) is 0 Å². The van der Waals surface area contributed by atoms with E-state index in [0.717, 1.165) is 72.1 Å². The van der Waals surface area contributed by atoms with Crippen molar-refractivity contribution in [3.05, 3.63) is 188 Å². The first-order chi connectivity index (χ1) is 25.3. The molecule has 0 radical (unpaired) electrons. The van der Waals surface area contributed by atoms with Crippen molar-refractivity contribution in [2.75, 3.05) is 4.90 Å². The molecule has 2 heterocycles. The Bertz CT molecular complexity index is 2730. The van der Waals surface area contributed by atoms with Crippen LogP contribution in [0.4, 0.5) is 17.1 Å². The number of hydrogen-bond donors (Lipinski definition) is 0. The Morgan fingerprint density at radius 1 is 0.294 bits per heavy atom. The van der Waals surface area contributed by atoms with E-state index in [9.17, 15) is 0 Å². The van der Waals surface area contributed by atoms with Crippen LogP contribution in [0, 0.1) is 0 Å². The topological polar surface area (TPSA) is 29.5 Å². The molecule has 0 atom stereocenters. The fourth-order valence-electron chi connectivity index (χ4n) is 7.39. The van der Waals surface area contributed by atoms with Crippen molar-refractivity contribution in [1.82, 2.24) is 0 Å². The largest absolute Gasteiger partial charge is 0.456 e. The van der Waals surface area contributed by atoms with E-state index in [1.807, 2.05) is 24.3 Å². The molecule has 8 aromatic carbocycles. The molecule has 240 valence electrons. The Morgan fingerprint density at radius 3 is 1.37 bits per heavy atom. The Hall–Kier alpha value is -6.84. The molecule has 51 heavy (non-hydrogen) atoms. The maximum absolute atomic E-state index is 6.41. The zero-order valence-corrected chi connectivity index (χ0v) is 27.7. The smallest absolute Gasteiger partial charge is 0.139 e. The number of anilines is 3. The summed E-state index contributed by atoms with van der Waals surface area (Å²) in [7, 11) is 0. The van der Waals surface area contributed by atoms with Crippen LogP contribution >= 0.6 is 0 Å². The molecule has 0 amide bonds. The third-order valence-electron chi connectivity index (χ3n) is 9.90. The molecule has 0 bridgehead atoms. The third-order valence-corrected chi connectivity index (χ3v) is 9.90. The fraction of sp³-hybridized carbons (Fsp3) is 0. The van der Waals surface area contributed by atoms with Gasteiger partial charge in [0, 0.05) is 44.7 Å². The van der Waals surface area contributed by atoms with E-state index in [0.29, 0.717) is 0 Å². The van der Waals surface area contributed by atoms with E-state index in [-0.39, 0.29) is 0 Å². The van der Waals surface area contributed by atoms with Crippen LogP contribution in [0.2, 0.25) is 0 Å². The Labute approximate surface area is 295 Å². The second-order valence-corrected chi connectivity index (χ2v) is 12.9. The molecule has 0 aliphatic heterocycles. The van der Waals surface area contributed by atoms with Crippen molar-refractivity contribution in [3.63, 3.8) is 0 Å². The fourth-order valence-corrected chi connectivity index (χ4v) is 7.39. The van der Waals surface area contributed by atoms with Gasteiger partial charge < -0.3 is 13.7 Å². The maximum atomic E-state index is 6.41. The average Bonchev–Trinajstić information content (AvgIpc) is 3.76. The summed E-state index contributed by atoms with van der Waals surface area (Å²) in [5.74, 6) is 0. The quantitative estimate of drug-likeness (QED) is 0.179. The Kier molecular flexibility index (Phi) is 6.81. The van der Waals surface area contributed by atoms with Crippen LogP contribution < -0.4 is 4.90 Å². The van der Waals surface area contributed by atoms with Gasteiger partial charge in [-0.05, 0) is 88.0 Å². The summed E-state index contributed by atoms with van der Waals surface area (Å²) in [4.78, 5) is 2.32. The van der Waals surface area contributed by atoms with Crippen LogP contribution in [-0.2, 0) is 0 Å². The molecular formula is C48H31NO2. The molecule has 10 aromatic rings. The van der Waals surface area contributed by atoms with Crippen molar-refractivity contribution in [2.45, 2.75) is 0 Å². The highest BCUT2D eigenvalue weighted by molar-refractivity contribution is 6.18. The summed E-state index contributed by atoms with van der Waals surface area (Å²) in [5.41, 5.74) is 13.7. The van der Waals surface area contributed by atoms with E-state index in [1.165, 1.54) is 22.3 Å². The van der Waals surface area contributed by atoms with E-state index >= 15 is 0 Å². The van der Waals surface area contributed by atoms with E-state index < -0.39 is 0 Å². The highest BCUT2D eigenvalue weighted by Crippen LogP contribution is 2.42. The molecule has 2 aromatic heterocycles. The summed E-state index contributed by atoms with van der Waals surface area (Å²) in [6.45, 7) is 0. The Morgan fingerprint density at radius 2 is 0.765 bits per heavy atom. The maximum Gasteiger partial charge on any atom is 0.139 e. The molecule has 0 saturated heterocycles. The number of fused-ring (bicyclic) bond motifs is 6. The van der Waals surface area contributed by atoms with Gasteiger partial charge in [0.05, 0.1) is 0 Å². The van der Waals surface area contributed by atoms with Crippen LogP contribution in [0.25, 0.3) is 77.3 Å². The van der Waals surface area contributed by atoms with Gasteiger partial charge >= 0.3 is 0 Å². The van der Waals surface area contributed by atoms with Gasteiger partial charge in [0.1, 0.15) is 22.3 Å². The molecule has 3 nitrogen and oxygen atoms in total. The predicted molar refractivity (Wildman–Crippen MR) is 212 cm³/mol. The van der Waals surface area contributed by atoms with Gasteiger partial charge in [-0.3, -0.25) is 0 Å². The summed E-state index contributed by atoms with van der Waals surface area (Å²) in [6.07, 6.45) is 0. The van der Waals surface area contributed by atoms with Crippen molar-refractivity contribution >= 4 is 60.9 Å². The van der Waals surface area contributed by atoms with Crippen LogP contribution in [-0.4, -0.2) is 0 Å².